The Morgan fingerprint density at radius 2 is 1.61 bits per heavy atom. The van der Waals surface area contributed by atoms with Crippen molar-refractivity contribution < 1.29 is 24.6 Å². The van der Waals surface area contributed by atoms with Crippen LogP contribution in [0.3, 0.4) is 0 Å². The molecule has 1 fully saturated rings. The van der Waals surface area contributed by atoms with Crippen molar-refractivity contribution in [1.82, 2.24) is 4.90 Å². The van der Waals surface area contributed by atoms with E-state index in [1.807, 2.05) is 0 Å². The van der Waals surface area contributed by atoms with E-state index in [0.29, 0.717) is 6.54 Å². The molecule has 0 unspecified atom stereocenters. The van der Waals surface area contributed by atoms with E-state index in [1.165, 1.54) is 0 Å². The van der Waals surface area contributed by atoms with E-state index >= 15 is 0 Å². The molecular formula is C11H18N2O5. The average molecular weight is 258 g/mol. The Morgan fingerprint density at radius 1 is 1.11 bits per heavy atom. The molecular weight excluding hydrogens is 240 g/mol. The van der Waals surface area contributed by atoms with Gasteiger partial charge in [-0.25, -0.2) is 0 Å². The van der Waals surface area contributed by atoms with Gasteiger partial charge in [0.1, 0.15) is 13.1 Å². The Morgan fingerprint density at radius 3 is 1.89 bits per heavy atom. The molecule has 102 valence electrons. The molecule has 7 nitrogen and oxygen atoms in total. The van der Waals surface area contributed by atoms with Gasteiger partial charge in [-0.2, -0.15) is 0 Å². The highest BCUT2D eigenvalue weighted by Crippen LogP contribution is 2.43. The van der Waals surface area contributed by atoms with E-state index in [-0.39, 0.29) is 11.8 Å². The second-order valence-corrected chi connectivity index (χ2v) is 4.77. The molecule has 7 heteroatoms. The van der Waals surface area contributed by atoms with Crippen molar-refractivity contribution in [2.24, 2.45) is 11.1 Å². The molecule has 0 bridgehead atoms. The van der Waals surface area contributed by atoms with Crippen LogP contribution in [0.5, 0.6) is 0 Å². The van der Waals surface area contributed by atoms with Gasteiger partial charge in [0.25, 0.3) is 0 Å². The quantitative estimate of drug-likeness (QED) is 0.566. The zero-order chi connectivity index (χ0) is 13.8. The highest BCUT2D eigenvalue weighted by molar-refractivity contribution is 5.85. The number of carbonyl (C=O) groups is 3. The van der Waals surface area contributed by atoms with Crippen molar-refractivity contribution in [2.75, 3.05) is 19.6 Å². The van der Waals surface area contributed by atoms with Crippen LogP contribution in [0, 0.1) is 5.41 Å². The number of hydrogen-bond donors (Lipinski definition) is 3. The fourth-order valence-corrected chi connectivity index (χ4v) is 2.12. The second kappa shape index (κ2) is 5.81. The first-order valence-electron chi connectivity index (χ1n) is 5.80. The number of nitrogens with two attached hydrogens (primary N) is 1. The molecule has 0 aromatic carbocycles. The highest BCUT2D eigenvalue weighted by Gasteiger charge is 2.39. The summed E-state index contributed by atoms with van der Waals surface area (Å²) in [5.74, 6) is -2.90. The summed E-state index contributed by atoms with van der Waals surface area (Å²) < 4.78 is 0. The monoisotopic (exact) mass is 258 g/mol. The molecule has 1 amide bonds. The fraction of sp³-hybridized carbons (Fsp3) is 0.727. The lowest BCUT2D eigenvalue weighted by molar-refractivity contribution is -0.151. The summed E-state index contributed by atoms with van der Waals surface area (Å²) >= 11 is 0. The van der Waals surface area contributed by atoms with Crippen LogP contribution in [-0.2, 0) is 14.4 Å². The van der Waals surface area contributed by atoms with Crippen LogP contribution in [0.25, 0.3) is 0 Å². The predicted molar refractivity (Wildman–Crippen MR) is 61.8 cm³/mol. The first-order chi connectivity index (χ1) is 8.38. The Balaban J connectivity index is 2.63. The highest BCUT2D eigenvalue weighted by atomic mass is 16.4. The zero-order valence-electron chi connectivity index (χ0n) is 10.1. The van der Waals surface area contributed by atoms with Gasteiger partial charge in [-0.1, -0.05) is 6.42 Å². The van der Waals surface area contributed by atoms with E-state index in [4.69, 9.17) is 15.9 Å². The summed E-state index contributed by atoms with van der Waals surface area (Å²) in [5.41, 5.74) is 5.36. The average Bonchev–Trinajstić information content (AvgIpc) is 2.20. The molecule has 1 aliphatic carbocycles. The normalized spacial score (nSPS) is 16.7. The lowest BCUT2D eigenvalue weighted by Crippen LogP contribution is -2.46. The molecule has 0 aliphatic heterocycles. The molecule has 0 radical (unpaired) electrons. The van der Waals surface area contributed by atoms with Gasteiger partial charge in [0.15, 0.2) is 0 Å². The third-order valence-electron chi connectivity index (χ3n) is 3.38. The number of carbonyl (C=O) groups excluding carboxylic acids is 1. The van der Waals surface area contributed by atoms with Crippen molar-refractivity contribution >= 4 is 17.8 Å². The van der Waals surface area contributed by atoms with Crippen molar-refractivity contribution in [3.05, 3.63) is 0 Å². The van der Waals surface area contributed by atoms with E-state index in [9.17, 15) is 14.4 Å². The number of aliphatic carboxylic acids is 2. The minimum atomic E-state index is -1.22. The van der Waals surface area contributed by atoms with Gasteiger partial charge < -0.3 is 20.8 Å². The summed E-state index contributed by atoms with van der Waals surface area (Å²) in [7, 11) is 0. The lowest BCUT2D eigenvalue weighted by Gasteiger charge is -2.41. The fourth-order valence-electron chi connectivity index (χ4n) is 2.12. The van der Waals surface area contributed by atoms with Gasteiger partial charge in [0, 0.05) is 6.42 Å². The van der Waals surface area contributed by atoms with Gasteiger partial charge >= 0.3 is 11.9 Å². The third-order valence-corrected chi connectivity index (χ3v) is 3.38. The Bertz CT molecular complexity index is 330. The van der Waals surface area contributed by atoms with Crippen LogP contribution in [0.4, 0.5) is 0 Å². The molecule has 1 saturated carbocycles. The molecule has 1 aliphatic rings. The maximum Gasteiger partial charge on any atom is 0.323 e. The van der Waals surface area contributed by atoms with Crippen molar-refractivity contribution in [1.29, 1.82) is 0 Å². The number of hydrogen-bond acceptors (Lipinski definition) is 4. The van der Waals surface area contributed by atoms with Crippen molar-refractivity contribution in [3.63, 3.8) is 0 Å². The maximum absolute atomic E-state index is 11.9. The second-order valence-electron chi connectivity index (χ2n) is 4.77. The lowest BCUT2D eigenvalue weighted by atomic mass is 9.66. The van der Waals surface area contributed by atoms with Crippen LogP contribution < -0.4 is 5.73 Å². The molecule has 0 spiro atoms. The van der Waals surface area contributed by atoms with E-state index in [1.54, 1.807) is 0 Å². The molecule has 0 atom stereocenters. The smallest absolute Gasteiger partial charge is 0.323 e. The Kier molecular flexibility index (Phi) is 4.66. The minimum Gasteiger partial charge on any atom is -0.480 e. The number of carboxylic acid groups (broad SMARTS) is 2. The summed E-state index contributed by atoms with van der Waals surface area (Å²) in [6.07, 6.45) is 2.80. The summed E-state index contributed by atoms with van der Waals surface area (Å²) in [4.78, 5) is 34.0. The van der Waals surface area contributed by atoms with E-state index in [0.717, 1.165) is 24.2 Å². The molecule has 0 aromatic rings. The van der Waals surface area contributed by atoms with Gasteiger partial charge in [0.05, 0.1) is 0 Å². The predicted octanol–water partition coefficient (Wildman–Crippen LogP) is -0.497. The van der Waals surface area contributed by atoms with Crippen molar-refractivity contribution in [3.8, 4) is 0 Å². The van der Waals surface area contributed by atoms with Gasteiger partial charge in [-0.05, 0) is 24.8 Å². The topological polar surface area (TPSA) is 121 Å². The van der Waals surface area contributed by atoms with Gasteiger partial charge in [-0.3, -0.25) is 14.4 Å². The molecule has 18 heavy (non-hydrogen) atoms. The molecule has 4 N–H and O–H groups in total. The number of nitrogens with zero attached hydrogens (tertiary/aromatic N) is 1. The zero-order valence-corrected chi connectivity index (χ0v) is 10.1. The first kappa shape index (κ1) is 14.4. The van der Waals surface area contributed by atoms with Crippen molar-refractivity contribution in [2.45, 2.75) is 25.7 Å². The molecule has 0 heterocycles. The summed E-state index contributed by atoms with van der Waals surface area (Å²) in [6.45, 7) is -0.815. The number of amides is 1. The maximum atomic E-state index is 11.9. The first-order valence-corrected chi connectivity index (χ1v) is 5.80. The van der Waals surface area contributed by atoms with E-state index < -0.39 is 30.9 Å². The number of carboxylic acids is 2. The Hall–Kier alpha value is -1.63. The summed E-state index contributed by atoms with van der Waals surface area (Å²) in [5, 5.41) is 17.3. The molecule has 0 aromatic heterocycles. The van der Waals surface area contributed by atoms with Gasteiger partial charge in [0.2, 0.25) is 5.91 Å². The van der Waals surface area contributed by atoms with Crippen LogP contribution >= 0.6 is 0 Å². The van der Waals surface area contributed by atoms with Crippen LogP contribution in [-0.4, -0.2) is 52.6 Å². The number of rotatable bonds is 7. The Labute approximate surface area is 105 Å². The third kappa shape index (κ3) is 3.69. The minimum absolute atomic E-state index is 0.129. The standard InChI is InChI=1S/C11H18N2O5/c12-7-11(2-1-3-11)4-8(14)13(5-9(15)16)6-10(17)18/h1-7,12H2,(H,15,16)(H,17,18). The molecule has 1 rings (SSSR count). The molecule has 0 saturated heterocycles. The van der Waals surface area contributed by atoms with Gasteiger partial charge in [-0.15, -0.1) is 0 Å². The SMILES string of the molecule is NCC1(CC(=O)N(CC(=O)O)CC(=O)O)CCC1. The van der Waals surface area contributed by atoms with Crippen LogP contribution in [0.2, 0.25) is 0 Å². The summed E-state index contributed by atoms with van der Waals surface area (Å²) in [6, 6.07) is 0. The van der Waals surface area contributed by atoms with E-state index in [2.05, 4.69) is 0 Å². The van der Waals surface area contributed by atoms with Crippen LogP contribution in [0.1, 0.15) is 25.7 Å². The largest absolute Gasteiger partial charge is 0.480 e. The van der Waals surface area contributed by atoms with Crippen LogP contribution in [0.15, 0.2) is 0 Å².